The molecule has 2 heterocycles. The summed E-state index contributed by atoms with van der Waals surface area (Å²) in [6.45, 7) is 8.53. The third-order valence-electron chi connectivity index (χ3n) is 3.11. The van der Waals surface area contributed by atoms with Crippen molar-refractivity contribution in [1.82, 2.24) is 14.8 Å². The lowest BCUT2D eigenvalue weighted by Gasteiger charge is -2.33. The molecule has 1 aromatic rings. The molecule has 0 spiro atoms. The van der Waals surface area contributed by atoms with Crippen molar-refractivity contribution in [2.45, 2.75) is 13.8 Å². The monoisotopic (exact) mass is 254 g/mol. The molecule has 0 bridgehead atoms. The van der Waals surface area contributed by atoms with Crippen LogP contribution in [0.5, 0.6) is 0 Å². The summed E-state index contributed by atoms with van der Waals surface area (Å²) < 4.78 is 0. The number of aryl methyl sites for hydroxylation is 1. The van der Waals surface area contributed by atoms with Gasteiger partial charge < -0.3 is 15.5 Å². The summed E-state index contributed by atoms with van der Waals surface area (Å²) in [7, 11) is 0. The maximum atomic E-state index is 12.3. The summed E-state index contributed by atoms with van der Waals surface area (Å²) in [5.41, 5.74) is 6.36. The highest BCUT2D eigenvalue weighted by Gasteiger charge is 2.24. The van der Waals surface area contributed by atoms with Crippen LogP contribution in [0.15, 0.2) is 0 Å². The smallest absolute Gasteiger partial charge is 0.266 e. The van der Waals surface area contributed by atoms with Crippen LogP contribution in [0.3, 0.4) is 0 Å². The van der Waals surface area contributed by atoms with Gasteiger partial charge >= 0.3 is 0 Å². The fraction of sp³-hybridized carbons (Fsp3) is 0.636. The molecule has 1 fully saturated rings. The van der Waals surface area contributed by atoms with Crippen molar-refractivity contribution in [3.8, 4) is 0 Å². The molecule has 1 amide bonds. The van der Waals surface area contributed by atoms with Crippen molar-refractivity contribution in [2.75, 3.05) is 38.5 Å². The summed E-state index contributed by atoms with van der Waals surface area (Å²) >= 11 is 1.28. The zero-order valence-electron chi connectivity index (χ0n) is 10.3. The van der Waals surface area contributed by atoms with Crippen molar-refractivity contribution in [1.29, 1.82) is 0 Å². The number of nitrogens with two attached hydrogens (primary N) is 1. The average Bonchev–Trinajstić information content (AvgIpc) is 2.68. The minimum atomic E-state index is 0.0763. The molecule has 5 nitrogen and oxygen atoms in total. The molecule has 94 valence electrons. The van der Waals surface area contributed by atoms with E-state index in [9.17, 15) is 4.79 Å². The molecule has 0 aromatic carbocycles. The van der Waals surface area contributed by atoms with E-state index in [4.69, 9.17) is 5.73 Å². The molecule has 0 radical (unpaired) electrons. The molecule has 6 heteroatoms. The largest absolute Gasteiger partial charge is 0.375 e. The van der Waals surface area contributed by atoms with Gasteiger partial charge in [-0.2, -0.15) is 0 Å². The predicted molar refractivity (Wildman–Crippen MR) is 69.3 cm³/mol. The first-order valence-electron chi connectivity index (χ1n) is 5.86. The molecule has 1 saturated heterocycles. The summed E-state index contributed by atoms with van der Waals surface area (Å²) in [5, 5.41) is 0.470. The van der Waals surface area contributed by atoms with E-state index in [1.807, 2.05) is 11.8 Å². The Labute approximate surface area is 105 Å². The number of nitrogen functional groups attached to an aromatic ring is 1. The van der Waals surface area contributed by atoms with Crippen LogP contribution in [0.1, 0.15) is 22.3 Å². The van der Waals surface area contributed by atoms with E-state index in [1.165, 1.54) is 11.3 Å². The first-order chi connectivity index (χ1) is 8.11. The van der Waals surface area contributed by atoms with Crippen LogP contribution in [0, 0.1) is 6.92 Å². The number of nitrogens with zero attached hydrogens (tertiary/aromatic N) is 3. The number of anilines is 1. The zero-order chi connectivity index (χ0) is 12.4. The van der Waals surface area contributed by atoms with Crippen molar-refractivity contribution in [2.24, 2.45) is 0 Å². The second kappa shape index (κ2) is 5.01. The van der Waals surface area contributed by atoms with E-state index in [0.717, 1.165) is 38.4 Å². The van der Waals surface area contributed by atoms with E-state index in [2.05, 4.69) is 16.8 Å². The number of aromatic nitrogens is 1. The van der Waals surface area contributed by atoms with Crippen molar-refractivity contribution in [3.63, 3.8) is 0 Å². The Bertz CT molecular complexity index is 410. The standard InChI is InChI=1S/C11H18N4OS/c1-3-14-4-6-15(7-5-14)10(16)9-8(2)13-11(12)17-9/h3-7H2,1-2H3,(H2,12,13). The molecule has 1 aliphatic heterocycles. The van der Waals surface area contributed by atoms with Crippen LogP contribution < -0.4 is 5.73 Å². The number of hydrogen-bond acceptors (Lipinski definition) is 5. The van der Waals surface area contributed by atoms with Crippen LogP contribution in [-0.4, -0.2) is 53.4 Å². The highest BCUT2D eigenvalue weighted by molar-refractivity contribution is 7.17. The summed E-state index contributed by atoms with van der Waals surface area (Å²) in [6.07, 6.45) is 0. The Hall–Kier alpha value is -1.14. The quantitative estimate of drug-likeness (QED) is 0.848. The number of hydrogen-bond donors (Lipinski definition) is 1. The number of carbonyl (C=O) groups excluding carboxylic acids is 1. The summed E-state index contributed by atoms with van der Waals surface area (Å²) in [6, 6.07) is 0. The van der Waals surface area contributed by atoms with Crippen molar-refractivity contribution >= 4 is 22.4 Å². The van der Waals surface area contributed by atoms with Gasteiger partial charge in [-0.15, -0.1) is 0 Å². The number of carbonyl (C=O) groups is 1. The maximum absolute atomic E-state index is 12.3. The maximum Gasteiger partial charge on any atom is 0.266 e. The van der Waals surface area contributed by atoms with Gasteiger partial charge in [0.1, 0.15) is 4.88 Å². The van der Waals surface area contributed by atoms with Crippen LogP contribution >= 0.6 is 11.3 Å². The molecule has 2 rings (SSSR count). The Morgan fingerprint density at radius 2 is 2.06 bits per heavy atom. The molecule has 17 heavy (non-hydrogen) atoms. The van der Waals surface area contributed by atoms with Gasteiger partial charge in [-0.1, -0.05) is 18.3 Å². The predicted octanol–water partition coefficient (Wildman–Crippen LogP) is 0.811. The van der Waals surface area contributed by atoms with Gasteiger partial charge in [0.05, 0.1) is 5.69 Å². The number of amides is 1. The van der Waals surface area contributed by atoms with Crippen molar-refractivity contribution in [3.05, 3.63) is 10.6 Å². The fourth-order valence-corrected chi connectivity index (χ4v) is 2.83. The van der Waals surface area contributed by atoms with E-state index in [-0.39, 0.29) is 5.91 Å². The highest BCUT2D eigenvalue weighted by atomic mass is 32.1. The minimum Gasteiger partial charge on any atom is -0.375 e. The Balaban J connectivity index is 2.04. The third kappa shape index (κ3) is 2.58. The van der Waals surface area contributed by atoms with E-state index >= 15 is 0 Å². The molecular weight excluding hydrogens is 236 g/mol. The zero-order valence-corrected chi connectivity index (χ0v) is 11.1. The molecule has 0 aliphatic carbocycles. The SMILES string of the molecule is CCN1CCN(C(=O)c2sc(N)nc2C)CC1. The van der Waals surface area contributed by atoms with Gasteiger partial charge in [-0.25, -0.2) is 4.98 Å². The number of piperazine rings is 1. The number of likely N-dealkylation sites (N-methyl/N-ethyl adjacent to an activating group) is 1. The van der Waals surface area contributed by atoms with E-state index < -0.39 is 0 Å². The average molecular weight is 254 g/mol. The molecule has 0 saturated carbocycles. The fourth-order valence-electron chi connectivity index (χ4n) is 2.03. The lowest BCUT2D eigenvalue weighted by atomic mass is 10.3. The van der Waals surface area contributed by atoms with Crippen molar-refractivity contribution < 1.29 is 4.79 Å². The van der Waals surface area contributed by atoms with Gasteiger partial charge in [0, 0.05) is 26.2 Å². The Morgan fingerprint density at radius 1 is 1.41 bits per heavy atom. The first-order valence-corrected chi connectivity index (χ1v) is 6.68. The normalized spacial score (nSPS) is 17.4. The number of rotatable bonds is 2. The van der Waals surface area contributed by atoms with Gasteiger partial charge in [0.2, 0.25) is 0 Å². The highest BCUT2D eigenvalue weighted by Crippen LogP contribution is 2.21. The lowest BCUT2D eigenvalue weighted by Crippen LogP contribution is -2.48. The molecule has 2 N–H and O–H groups in total. The molecule has 0 unspecified atom stereocenters. The van der Waals surface area contributed by atoms with Gasteiger partial charge in [0.15, 0.2) is 5.13 Å². The Kier molecular flexibility index (Phi) is 3.63. The van der Waals surface area contributed by atoms with E-state index in [1.54, 1.807) is 0 Å². The molecular formula is C11H18N4OS. The second-order valence-electron chi connectivity index (χ2n) is 4.19. The van der Waals surface area contributed by atoms with Crippen LogP contribution in [0.4, 0.5) is 5.13 Å². The van der Waals surface area contributed by atoms with Gasteiger partial charge in [0.25, 0.3) is 5.91 Å². The lowest BCUT2D eigenvalue weighted by molar-refractivity contribution is 0.0647. The van der Waals surface area contributed by atoms with E-state index in [0.29, 0.717) is 10.0 Å². The number of thiazole rings is 1. The minimum absolute atomic E-state index is 0.0763. The molecule has 1 aromatic heterocycles. The van der Waals surface area contributed by atoms with Crippen LogP contribution in [-0.2, 0) is 0 Å². The van der Waals surface area contributed by atoms with Crippen LogP contribution in [0.25, 0.3) is 0 Å². The van der Waals surface area contributed by atoms with Gasteiger partial charge in [-0.3, -0.25) is 4.79 Å². The summed E-state index contributed by atoms with van der Waals surface area (Å²) in [4.78, 5) is 21.3. The Morgan fingerprint density at radius 3 is 2.53 bits per heavy atom. The van der Waals surface area contributed by atoms with Crippen LogP contribution in [0.2, 0.25) is 0 Å². The third-order valence-corrected chi connectivity index (χ3v) is 4.09. The summed E-state index contributed by atoms with van der Waals surface area (Å²) in [5.74, 6) is 0.0763. The molecule has 0 atom stereocenters. The first kappa shape index (κ1) is 12.3. The second-order valence-corrected chi connectivity index (χ2v) is 5.22. The van der Waals surface area contributed by atoms with Gasteiger partial charge in [-0.05, 0) is 13.5 Å². The topological polar surface area (TPSA) is 62.5 Å². The molecule has 1 aliphatic rings.